The highest BCUT2D eigenvalue weighted by atomic mass is 32.2. The van der Waals surface area contributed by atoms with Crippen LogP contribution >= 0.6 is 0 Å². The van der Waals surface area contributed by atoms with Gasteiger partial charge in [-0.05, 0) is 12.8 Å². The lowest BCUT2D eigenvalue weighted by Gasteiger charge is -2.20. The van der Waals surface area contributed by atoms with Crippen molar-refractivity contribution in [3.8, 4) is 0 Å². The summed E-state index contributed by atoms with van der Waals surface area (Å²) >= 11 is 0. The molecule has 0 heterocycles. The van der Waals surface area contributed by atoms with Crippen LogP contribution in [-0.4, -0.2) is 37.7 Å². The number of rotatable bonds is 3. The Morgan fingerprint density at radius 1 is 1.38 bits per heavy atom. The average molecular weight is 217 g/mol. The van der Waals surface area contributed by atoms with E-state index in [0.29, 0.717) is 17.1 Å². The minimum Gasteiger partial charge on any atom is -0.212 e. The highest BCUT2D eigenvalue weighted by Crippen LogP contribution is 2.31. The summed E-state index contributed by atoms with van der Waals surface area (Å²) in [5, 5.41) is 0. The molecule has 3 nitrogen and oxygen atoms in total. The predicted octanol–water partition coefficient (Wildman–Crippen LogP) is 0.973. The van der Waals surface area contributed by atoms with Gasteiger partial charge in [-0.2, -0.15) is 17.5 Å². The van der Waals surface area contributed by atoms with Crippen LogP contribution in [0.3, 0.4) is 0 Å². The first-order valence-corrected chi connectivity index (χ1v) is 5.58. The van der Waals surface area contributed by atoms with Crippen molar-refractivity contribution in [3.63, 3.8) is 0 Å². The van der Waals surface area contributed by atoms with Gasteiger partial charge >= 0.3 is 6.18 Å². The number of hydrogen-bond acceptors (Lipinski definition) is 2. The van der Waals surface area contributed by atoms with Crippen molar-refractivity contribution in [3.05, 3.63) is 0 Å². The topological polar surface area (TPSA) is 37.4 Å². The summed E-state index contributed by atoms with van der Waals surface area (Å²) < 4.78 is 58.1. The van der Waals surface area contributed by atoms with Gasteiger partial charge in [0.05, 0.1) is 6.26 Å². The number of hydrogen-bond donors (Lipinski definition) is 0. The maximum Gasteiger partial charge on any atom is 0.402 e. The lowest BCUT2D eigenvalue weighted by Crippen LogP contribution is -2.39. The van der Waals surface area contributed by atoms with Gasteiger partial charge in [-0.25, -0.2) is 8.42 Å². The SMILES string of the molecule is CS(=O)(=O)N(CC(F)(F)F)C1CC1. The van der Waals surface area contributed by atoms with Gasteiger partial charge in [0.2, 0.25) is 10.0 Å². The molecule has 0 unspecified atom stereocenters. The van der Waals surface area contributed by atoms with E-state index in [-0.39, 0.29) is 0 Å². The maximum absolute atomic E-state index is 11.9. The van der Waals surface area contributed by atoms with Crippen LogP contribution in [0.5, 0.6) is 0 Å². The molecule has 0 N–H and O–H groups in total. The lowest BCUT2D eigenvalue weighted by atomic mass is 10.6. The molecule has 0 spiro atoms. The molecule has 0 aromatic heterocycles. The van der Waals surface area contributed by atoms with Gasteiger partial charge in [-0.1, -0.05) is 0 Å². The van der Waals surface area contributed by atoms with Crippen LogP contribution in [-0.2, 0) is 10.0 Å². The van der Waals surface area contributed by atoms with Crippen molar-refractivity contribution in [1.82, 2.24) is 4.31 Å². The summed E-state index contributed by atoms with van der Waals surface area (Å²) in [5.41, 5.74) is 0. The number of nitrogens with zero attached hydrogens (tertiary/aromatic N) is 1. The third-order valence-corrected chi connectivity index (χ3v) is 2.99. The molecular formula is C6H10F3NO2S. The van der Waals surface area contributed by atoms with E-state index in [4.69, 9.17) is 0 Å². The van der Waals surface area contributed by atoms with Crippen molar-refractivity contribution in [2.75, 3.05) is 12.8 Å². The van der Waals surface area contributed by atoms with Gasteiger partial charge in [0.1, 0.15) is 6.54 Å². The Kier molecular flexibility index (Phi) is 2.59. The minimum atomic E-state index is -4.45. The second-order valence-electron chi connectivity index (χ2n) is 3.15. The third-order valence-electron chi connectivity index (χ3n) is 1.72. The molecule has 0 bridgehead atoms. The molecule has 0 radical (unpaired) electrons. The molecule has 1 saturated carbocycles. The number of sulfonamides is 1. The molecular weight excluding hydrogens is 207 g/mol. The maximum atomic E-state index is 11.9. The number of alkyl halides is 3. The van der Waals surface area contributed by atoms with Gasteiger partial charge in [-0.3, -0.25) is 0 Å². The molecule has 7 heteroatoms. The van der Waals surface area contributed by atoms with Crippen molar-refractivity contribution in [2.45, 2.75) is 25.1 Å². The van der Waals surface area contributed by atoms with E-state index in [2.05, 4.69) is 0 Å². The van der Waals surface area contributed by atoms with Crippen molar-refractivity contribution >= 4 is 10.0 Å². The summed E-state index contributed by atoms with van der Waals surface area (Å²) in [6.45, 7) is -1.36. The summed E-state index contributed by atoms with van der Waals surface area (Å²) in [5.74, 6) is 0. The normalized spacial score (nSPS) is 19.5. The van der Waals surface area contributed by atoms with Crippen LogP contribution in [0, 0.1) is 0 Å². The Morgan fingerprint density at radius 2 is 1.85 bits per heavy atom. The zero-order valence-electron chi connectivity index (χ0n) is 7.00. The zero-order valence-corrected chi connectivity index (χ0v) is 7.82. The minimum absolute atomic E-state index is 0.434. The van der Waals surface area contributed by atoms with E-state index < -0.39 is 28.8 Å². The standard InChI is InChI=1S/C6H10F3NO2S/c1-13(11,12)10(5-2-3-5)4-6(7,8)9/h5H,2-4H2,1H3. The summed E-state index contributed by atoms with van der Waals surface area (Å²) in [4.78, 5) is 0. The third kappa shape index (κ3) is 3.51. The molecule has 0 atom stereocenters. The van der Waals surface area contributed by atoms with E-state index in [1.54, 1.807) is 0 Å². The average Bonchev–Trinajstić information content (AvgIpc) is 2.58. The first-order valence-electron chi connectivity index (χ1n) is 3.74. The second kappa shape index (κ2) is 3.13. The largest absolute Gasteiger partial charge is 0.402 e. The molecule has 78 valence electrons. The molecule has 0 aromatic rings. The first kappa shape index (κ1) is 10.8. The quantitative estimate of drug-likeness (QED) is 0.706. The molecule has 0 amide bonds. The molecule has 0 aliphatic heterocycles. The van der Waals surface area contributed by atoms with Crippen LogP contribution in [0.4, 0.5) is 13.2 Å². The molecule has 1 aliphatic carbocycles. The second-order valence-corrected chi connectivity index (χ2v) is 5.09. The zero-order chi connectivity index (χ0) is 10.3. The summed E-state index contributed by atoms with van der Waals surface area (Å²) in [7, 11) is -3.72. The van der Waals surface area contributed by atoms with E-state index in [1.807, 2.05) is 0 Å². The van der Waals surface area contributed by atoms with E-state index in [1.165, 1.54) is 0 Å². The molecule has 1 rings (SSSR count). The molecule has 1 fully saturated rings. The van der Waals surface area contributed by atoms with Gasteiger partial charge in [0.15, 0.2) is 0 Å². The van der Waals surface area contributed by atoms with Crippen LogP contribution in [0.15, 0.2) is 0 Å². The van der Waals surface area contributed by atoms with Crippen molar-refractivity contribution in [2.24, 2.45) is 0 Å². The Balaban J connectivity index is 2.70. The van der Waals surface area contributed by atoms with E-state index in [0.717, 1.165) is 6.26 Å². The number of halogens is 3. The van der Waals surface area contributed by atoms with Crippen molar-refractivity contribution in [1.29, 1.82) is 0 Å². The van der Waals surface area contributed by atoms with Gasteiger partial charge in [0.25, 0.3) is 0 Å². The fourth-order valence-electron chi connectivity index (χ4n) is 1.06. The van der Waals surface area contributed by atoms with Crippen LogP contribution in [0.1, 0.15) is 12.8 Å². The monoisotopic (exact) mass is 217 g/mol. The van der Waals surface area contributed by atoms with E-state index >= 15 is 0 Å². The fourth-order valence-corrected chi connectivity index (χ4v) is 2.19. The van der Waals surface area contributed by atoms with Crippen LogP contribution in [0.25, 0.3) is 0 Å². The molecule has 0 aromatic carbocycles. The smallest absolute Gasteiger partial charge is 0.212 e. The predicted molar refractivity (Wildman–Crippen MR) is 40.6 cm³/mol. The van der Waals surface area contributed by atoms with Crippen LogP contribution < -0.4 is 0 Å². The van der Waals surface area contributed by atoms with Gasteiger partial charge in [-0.15, -0.1) is 0 Å². The van der Waals surface area contributed by atoms with Gasteiger partial charge in [0, 0.05) is 6.04 Å². The fraction of sp³-hybridized carbons (Fsp3) is 1.00. The van der Waals surface area contributed by atoms with Crippen molar-refractivity contribution < 1.29 is 21.6 Å². The highest BCUT2D eigenvalue weighted by Gasteiger charge is 2.42. The van der Waals surface area contributed by atoms with Gasteiger partial charge < -0.3 is 0 Å². The molecule has 13 heavy (non-hydrogen) atoms. The summed E-state index contributed by atoms with van der Waals surface area (Å²) in [6, 6.07) is -0.434. The Morgan fingerprint density at radius 3 is 2.08 bits per heavy atom. The molecule has 0 saturated heterocycles. The van der Waals surface area contributed by atoms with Crippen LogP contribution in [0.2, 0.25) is 0 Å². The Hall–Kier alpha value is -0.300. The summed E-state index contributed by atoms with van der Waals surface area (Å²) in [6.07, 6.45) is -2.59. The Bertz CT molecular complexity index is 281. The Labute approximate surface area is 74.6 Å². The highest BCUT2D eigenvalue weighted by molar-refractivity contribution is 7.88. The first-order chi connectivity index (χ1) is 5.70. The molecule has 1 aliphatic rings. The lowest BCUT2D eigenvalue weighted by molar-refractivity contribution is -0.136. The van der Waals surface area contributed by atoms with E-state index in [9.17, 15) is 21.6 Å².